The highest BCUT2D eigenvalue weighted by atomic mass is 19.1. The quantitative estimate of drug-likeness (QED) is 0.402. The van der Waals surface area contributed by atoms with Crippen LogP contribution in [0.5, 0.6) is 0 Å². The van der Waals surface area contributed by atoms with E-state index in [1.54, 1.807) is 24.4 Å². The predicted octanol–water partition coefficient (Wildman–Crippen LogP) is 2.08. The number of rotatable bonds is 8. The number of aliphatic hydroxyl groups is 1. The van der Waals surface area contributed by atoms with Gasteiger partial charge in [0.05, 0.1) is 25.7 Å². The van der Waals surface area contributed by atoms with Crippen molar-refractivity contribution < 1.29 is 23.4 Å². The molecule has 2 N–H and O–H groups in total. The minimum absolute atomic E-state index is 0.0116. The molecule has 0 saturated carbocycles. The van der Waals surface area contributed by atoms with Gasteiger partial charge in [0.2, 0.25) is 0 Å². The van der Waals surface area contributed by atoms with Gasteiger partial charge in [-0.2, -0.15) is 10.2 Å². The molecule has 2 aromatic heterocycles. The summed E-state index contributed by atoms with van der Waals surface area (Å²) in [5.41, 5.74) is -0.560. The van der Waals surface area contributed by atoms with Gasteiger partial charge in [-0.25, -0.2) is 18.4 Å². The molecule has 166 valence electrons. The van der Waals surface area contributed by atoms with Crippen molar-refractivity contribution in [2.45, 2.75) is 18.7 Å². The number of esters is 1. The third-order valence-corrected chi connectivity index (χ3v) is 4.96. The SMILES string of the molecule is COC(=O)CNc1ccc2nn(CC(O)(Cn3cncn3)c3ccc(F)cc3F)cc2c1. The monoisotopic (exact) mass is 442 g/mol. The number of hydrogen-bond acceptors (Lipinski definition) is 7. The van der Waals surface area contributed by atoms with Crippen LogP contribution < -0.4 is 5.32 Å². The van der Waals surface area contributed by atoms with E-state index < -0.39 is 23.2 Å². The van der Waals surface area contributed by atoms with Gasteiger partial charge in [0.15, 0.2) is 0 Å². The van der Waals surface area contributed by atoms with Crippen LogP contribution in [0.3, 0.4) is 0 Å². The molecule has 0 aliphatic rings. The molecule has 0 aliphatic carbocycles. The minimum Gasteiger partial charge on any atom is -0.468 e. The summed E-state index contributed by atoms with van der Waals surface area (Å²) in [6.07, 6.45) is 4.38. The Morgan fingerprint density at radius 3 is 2.72 bits per heavy atom. The van der Waals surface area contributed by atoms with E-state index >= 15 is 0 Å². The standard InChI is InChI=1S/C21H20F2N6O3/c1-32-20(30)8-25-16-3-5-19-14(6-16)9-28(27-19)10-21(31,11-29-13-24-12-26-29)17-4-2-15(22)7-18(17)23/h2-7,9,12-13,25,31H,8,10-11H2,1H3. The van der Waals surface area contributed by atoms with Gasteiger partial charge in [0.25, 0.3) is 0 Å². The molecular weight excluding hydrogens is 422 g/mol. The van der Waals surface area contributed by atoms with Crippen LogP contribution in [0.15, 0.2) is 55.2 Å². The lowest BCUT2D eigenvalue weighted by molar-refractivity contribution is -0.138. The lowest BCUT2D eigenvalue weighted by Crippen LogP contribution is -2.37. The maximum Gasteiger partial charge on any atom is 0.325 e. The fourth-order valence-corrected chi connectivity index (χ4v) is 3.45. The van der Waals surface area contributed by atoms with Crippen molar-refractivity contribution in [2.75, 3.05) is 19.0 Å². The molecule has 4 aromatic rings. The number of benzene rings is 2. The first-order valence-electron chi connectivity index (χ1n) is 9.64. The van der Waals surface area contributed by atoms with Crippen molar-refractivity contribution in [3.05, 3.63) is 72.4 Å². The normalized spacial score (nSPS) is 13.1. The van der Waals surface area contributed by atoms with Crippen LogP contribution in [0.4, 0.5) is 14.5 Å². The highest BCUT2D eigenvalue weighted by Crippen LogP contribution is 2.29. The summed E-state index contributed by atoms with van der Waals surface area (Å²) >= 11 is 0. The van der Waals surface area contributed by atoms with Gasteiger partial charge in [0.1, 0.15) is 36.4 Å². The highest BCUT2D eigenvalue weighted by molar-refractivity contribution is 5.83. The van der Waals surface area contributed by atoms with Crippen molar-refractivity contribution in [3.63, 3.8) is 0 Å². The summed E-state index contributed by atoms with van der Waals surface area (Å²) in [6.45, 7) is -0.246. The molecule has 4 rings (SSSR count). The zero-order chi connectivity index (χ0) is 22.7. The van der Waals surface area contributed by atoms with Gasteiger partial charge >= 0.3 is 5.97 Å². The fourth-order valence-electron chi connectivity index (χ4n) is 3.45. The maximum atomic E-state index is 14.6. The van der Waals surface area contributed by atoms with E-state index in [-0.39, 0.29) is 25.2 Å². The van der Waals surface area contributed by atoms with Crippen molar-refractivity contribution in [3.8, 4) is 0 Å². The van der Waals surface area contributed by atoms with Crippen LogP contribution >= 0.6 is 0 Å². The summed E-state index contributed by atoms with van der Waals surface area (Å²) in [5.74, 6) is -2.02. The summed E-state index contributed by atoms with van der Waals surface area (Å²) in [4.78, 5) is 15.2. The highest BCUT2D eigenvalue weighted by Gasteiger charge is 2.34. The Morgan fingerprint density at radius 2 is 2.00 bits per heavy atom. The Bertz CT molecular complexity index is 1240. The summed E-state index contributed by atoms with van der Waals surface area (Å²) in [6, 6.07) is 8.31. The van der Waals surface area contributed by atoms with E-state index in [2.05, 4.69) is 25.2 Å². The summed E-state index contributed by atoms with van der Waals surface area (Å²) in [5, 5.41) is 23.6. The number of nitrogens with one attached hydrogen (secondary N) is 1. The molecule has 11 heteroatoms. The van der Waals surface area contributed by atoms with Crippen LogP contribution in [-0.4, -0.2) is 49.3 Å². The number of fused-ring (bicyclic) bond motifs is 1. The smallest absolute Gasteiger partial charge is 0.325 e. The number of carbonyl (C=O) groups is 1. The Balaban J connectivity index is 1.64. The largest absolute Gasteiger partial charge is 0.468 e. The van der Waals surface area contributed by atoms with Crippen LogP contribution in [0.2, 0.25) is 0 Å². The molecule has 2 aromatic carbocycles. The number of aromatic nitrogens is 5. The number of carbonyl (C=O) groups excluding carboxylic acids is 1. The van der Waals surface area contributed by atoms with Crippen molar-refractivity contribution >= 4 is 22.6 Å². The number of hydrogen-bond donors (Lipinski definition) is 2. The number of nitrogens with zero attached hydrogens (tertiary/aromatic N) is 5. The van der Waals surface area contributed by atoms with E-state index in [0.29, 0.717) is 11.2 Å². The van der Waals surface area contributed by atoms with Crippen LogP contribution in [0, 0.1) is 11.6 Å². The number of halogens is 2. The molecule has 32 heavy (non-hydrogen) atoms. The van der Waals surface area contributed by atoms with Crippen LogP contribution in [-0.2, 0) is 28.2 Å². The Kier molecular flexibility index (Phi) is 5.82. The average Bonchev–Trinajstić information content (AvgIpc) is 3.40. The molecule has 0 amide bonds. The third-order valence-electron chi connectivity index (χ3n) is 4.96. The van der Waals surface area contributed by atoms with Gasteiger partial charge in [-0.3, -0.25) is 9.48 Å². The molecule has 0 spiro atoms. The lowest BCUT2D eigenvalue weighted by atomic mass is 9.93. The molecule has 2 heterocycles. The van der Waals surface area contributed by atoms with Gasteiger partial charge in [-0.05, 0) is 24.3 Å². The fraction of sp³-hybridized carbons (Fsp3) is 0.238. The lowest BCUT2D eigenvalue weighted by Gasteiger charge is -2.28. The second kappa shape index (κ2) is 8.71. The van der Waals surface area contributed by atoms with Gasteiger partial charge in [0, 0.05) is 28.9 Å². The average molecular weight is 442 g/mol. The van der Waals surface area contributed by atoms with E-state index in [9.17, 15) is 18.7 Å². The maximum absolute atomic E-state index is 14.6. The Morgan fingerprint density at radius 1 is 1.19 bits per heavy atom. The zero-order valence-corrected chi connectivity index (χ0v) is 17.1. The Labute approximate surface area is 181 Å². The first-order chi connectivity index (χ1) is 15.4. The summed E-state index contributed by atoms with van der Waals surface area (Å²) in [7, 11) is 1.31. The molecule has 1 atom stereocenters. The van der Waals surface area contributed by atoms with Gasteiger partial charge < -0.3 is 15.2 Å². The summed E-state index contributed by atoms with van der Waals surface area (Å²) < 4.78 is 35.5. The zero-order valence-electron chi connectivity index (χ0n) is 17.1. The second-order valence-electron chi connectivity index (χ2n) is 7.28. The molecule has 0 fully saturated rings. The second-order valence-corrected chi connectivity index (χ2v) is 7.28. The van der Waals surface area contributed by atoms with Crippen molar-refractivity contribution in [2.24, 2.45) is 0 Å². The van der Waals surface area contributed by atoms with Gasteiger partial charge in [-0.1, -0.05) is 6.07 Å². The Hall–Kier alpha value is -3.86. The van der Waals surface area contributed by atoms with Crippen LogP contribution in [0.25, 0.3) is 10.9 Å². The number of ether oxygens (including phenoxy) is 1. The van der Waals surface area contributed by atoms with Gasteiger partial charge in [-0.15, -0.1) is 0 Å². The molecule has 1 unspecified atom stereocenters. The number of anilines is 1. The van der Waals surface area contributed by atoms with E-state index in [0.717, 1.165) is 17.5 Å². The van der Waals surface area contributed by atoms with Crippen molar-refractivity contribution in [1.29, 1.82) is 0 Å². The number of methoxy groups -OCH3 is 1. The predicted molar refractivity (Wildman–Crippen MR) is 111 cm³/mol. The molecule has 0 aliphatic heterocycles. The minimum atomic E-state index is -1.79. The molecular formula is C21H20F2N6O3. The van der Waals surface area contributed by atoms with E-state index in [1.165, 1.54) is 35.2 Å². The molecule has 0 saturated heterocycles. The van der Waals surface area contributed by atoms with E-state index in [4.69, 9.17) is 0 Å². The first kappa shape index (κ1) is 21.4. The molecule has 0 radical (unpaired) electrons. The molecule has 0 bridgehead atoms. The van der Waals surface area contributed by atoms with E-state index in [1.807, 2.05) is 0 Å². The van der Waals surface area contributed by atoms with Crippen molar-refractivity contribution in [1.82, 2.24) is 24.5 Å². The topological polar surface area (TPSA) is 107 Å². The first-order valence-corrected chi connectivity index (χ1v) is 9.64. The third kappa shape index (κ3) is 4.57. The molecule has 9 nitrogen and oxygen atoms in total. The van der Waals surface area contributed by atoms with Crippen LogP contribution in [0.1, 0.15) is 5.56 Å².